The summed E-state index contributed by atoms with van der Waals surface area (Å²) in [5.41, 5.74) is 20.7. The number of ether oxygens (including phenoxy) is 4. The number of fused-ring (bicyclic) bond motifs is 8. The van der Waals surface area contributed by atoms with Crippen LogP contribution in [0.1, 0.15) is 432 Å². The van der Waals surface area contributed by atoms with E-state index in [-0.39, 0.29) is 0 Å². The third-order valence-electron chi connectivity index (χ3n) is 25.4. The van der Waals surface area contributed by atoms with Gasteiger partial charge in [-0.1, -0.05) is 459 Å². The highest BCUT2D eigenvalue weighted by Gasteiger charge is 2.21. The van der Waals surface area contributed by atoms with Crippen LogP contribution in [0.15, 0.2) is 121 Å². The summed E-state index contributed by atoms with van der Waals surface area (Å²) in [7, 11) is 0. The minimum Gasteiger partial charge on any atom is -0.377 e. The predicted octanol–water partition coefficient (Wildman–Crippen LogP) is 35.3. The molecule has 0 radical (unpaired) electrons. The Morgan fingerprint density at radius 1 is 0.183 bits per heavy atom. The van der Waals surface area contributed by atoms with Gasteiger partial charge in [0, 0.05) is 70.7 Å². The van der Waals surface area contributed by atoms with Crippen molar-refractivity contribution in [2.45, 2.75) is 414 Å². The fourth-order valence-electron chi connectivity index (χ4n) is 17.8. The van der Waals surface area contributed by atoms with Crippen molar-refractivity contribution in [1.82, 2.24) is 19.9 Å². The molecule has 4 aromatic carbocycles. The van der Waals surface area contributed by atoms with Gasteiger partial charge in [-0.25, -0.2) is 9.97 Å². The first-order chi connectivity index (χ1) is 59.5. The Labute approximate surface area is 731 Å². The summed E-state index contributed by atoms with van der Waals surface area (Å²) >= 11 is 0. The molecule has 0 amide bonds. The Bertz CT molecular complexity index is 3500. The summed E-state index contributed by atoms with van der Waals surface area (Å²) in [5, 5.41) is 0. The van der Waals surface area contributed by atoms with Crippen molar-refractivity contribution in [3.8, 4) is 44.5 Å². The largest absolute Gasteiger partial charge is 0.377 e. The molecule has 8 bridgehead atoms. The first kappa shape index (κ1) is 97.1. The second-order valence-electron chi connectivity index (χ2n) is 35.9. The zero-order chi connectivity index (χ0) is 83.4. The van der Waals surface area contributed by atoms with Gasteiger partial charge in [-0.3, -0.25) is 0 Å². The molecule has 0 fully saturated rings. The fraction of sp³-hybridized carbons (Fsp3) is 0.607. The zero-order valence-corrected chi connectivity index (χ0v) is 76.6. The molecule has 0 unspecified atom stereocenters. The number of benzene rings is 4. The van der Waals surface area contributed by atoms with E-state index in [0.29, 0.717) is 26.4 Å². The van der Waals surface area contributed by atoms with Crippen molar-refractivity contribution in [1.29, 1.82) is 0 Å². The minimum absolute atomic E-state index is 0.594. The van der Waals surface area contributed by atoms with E-state index in [1.807, 2.05) is 0 Å². The molecular formula is C112H166N4O4. The quantitative estimate of drug-likeness (QED) is 0.0369. The van der Waals surface area contributed by atoms with E-state index >= 15 is 0 Å². The molecule has 5 heterocycles. The molecule has 3 aromatic heterocycles. The molecule has 8 nitrogen and oxygen atoms in total. The van der Waals surface area contributed by atoms with E-state index in [9.17, 15) is 0 Å². The Hall–Kier alpha value is -6.68. The standard InChI is InChI=1S/C112H166N4O4/c1-5-9-13-17-21-25-29-33-37-41-45-49-53-57-85-117-89-93-61-69-97(70-62-93)109-101-77-79-103(113-101)110(98-71-63-94(64-72-98)90-118-86-58-54-50-46-42-38-34-30-26-22-18-14-10-6-2)105-81-83-107(115-105)112(100-75-67-96(68-76-100)92-120-88-60-56-52-48-44-40-36-32-28-24-20-16-12-8-4)108-84-82-106(116-108)111(104-80-78-102(109)114-104)99-73-65-95(66-74-99)91-119-87-59-55-51-47-43-39-35-31-27-23-19-15-11-7-3/h61-84,113,116H,5-60,85-92H2,1-4H3. The van der Waals surface area contributed by atoms with Gasteiger partial charge in [0.2, 0.25) is 0 Å². The number of hydrogen-bond acceptors (Lipinski definition) is 6. The molecule has 0 atom stereocenters. The third-order valence-corrected chi connectivity index (χ3v) is 25.4. The second kappa shape index (κ2) is 62.4. The Balaban J connectivity index is 0.946. The van der Waals surface area contributed by atoms with Crippen LogP contribution in [-0.4, -0.2) is 46.4 Å². The van der Waals surface area contributed by atoms with Gasteiger partial charge in [0.15, 0.2) is 0 Å². The van der Waals surface area contributed by atoms with Gasteiger partial charge < -0.3 is 28.9 Å². The topological polar surface area (TPSA) is 94.3 Å². The summed E-state index contributed by atoms with van der Waals surface area (Å²) in [4.78, 5) is 19.5. The third kappa shape index (κ3) is 37.8. The highest BCUT2D eigenvalue weighted by molar-refractivity contribution is 6.00. The van der Waals surface area contributed by atoms with Crippen LogP contribution in [0.3, 0.4) is 0 Å². The van der Waals surface area contributed by atoms with Crippen molar-refractivity contribution in [2.24, 2.45) is 0 Å². The molecular weight excluding hydrogens is 1470 g/mol. The molecule has 0 saturated carbocycles. The number of hydrogen-bond donors (Lipinski definition) is 2. The van der Waals surface area contributed by atoms with Gasteiger partial charge in [0.25, 0.3) is 0 Å². The average Bonchev–Trinajstić information content (AvgIpc) is 1.60. The SMILES string of the molecule is CCCCCCCCCCCCCCCCOCc1ccc(-c2c3nc(c(-c4ccc(COCCCCCCCCCCCCCCCC)cc4)c4ccc([nH]4)c(-c4ccc(COCCCCCCCCCCCCCCCC)cc4)c4nc(c(-c5ccc(COCCCCCCCCCCCCCCCC)cc5)c5ccc2[nH]5)C=C4)C=C3)cc1. The van der Waals surface area contributed by atoms with Crippen molar-refractivity contribution in [2.75, 3.05) is 26.4 Å². The molecule has 0 aliphatic carbocycles. The molecule has 2 aliphatic heterocycles. The van der Waals surface area contributed by atoms with Crippen LogP contribution in [0, 0.1) is 0 Å². The number of nitrogens with one attached hydrogen (secondary N) is 2. The van der Waals surface area contributed by atoms with Gasteiger partial charge in [0.1, 0.15) is 0 Å². The van der Waals surface area contributed by atoms with Crippen molar-refractivity contribution >= 4 is 46.4 Å². The maximum atomic E-state index is 6.39. The monoisotopic (exact) mass is 1630 g/mol. The second-order valence-corrected chi connectivity index (χ2v) is 35.9. The molecule has 2 N–H and O–H groups in total. The lowest BCUT2D eigenvalue weighted by Gasteiger charge is -2.09. The number of aromatic amines is 2. The maximum absolute atomic E-state index is 6.39. The average molecular weight is 1630 g/mol. The summed E-state index contributed by atoms with van der Waals surface area (Å²) in [6.07, 6.45) is 84.7. The van der Waals surface area contributed by atoms with Crippen molar-refractivity contribution in [3.05, 3.63) is 166 Å². The lowest BCUT2D eigenvalue weighted by Crippen LogP contribution is -1.96. The van der Waals surface area contributed by atoms with Crippen molar-refractivity contribution < 1.29 is 18.9 Å². The van der Waals surface area contributed by atoms with Gasteiger partial charge in [-0.05, 0) is 119 Å². The number of rotatable bonds is 72. The van der Waals surface area contributed by atoms with E-state index in [0.717, 1.165) is 141 Å². The van der Waals surface area contributed by atoms with Gasteiger partial charge in [-0.15, -0.1) is 0 Å². The Morgan fingerprint density at radius 3 is 0.492 bits per heavy atom. The smallest absolute Gasteiger partial charge is 0.0737 e. The first-order valence-corrected chi connectivity index (χ1v) is 50.4. The highest BCUT2D eigenvalue weighted by atomic mass is 16.5. The molecule has 0 spiro atoms. The Kier molecular flexibility index (Phi) is 50.5. The fourth-order valence-corrected chi connectivity index (χ4v) is 17.8. The molecule has 658 valence electrons. The van der Waals surface area contributed by atoms with Crippen LogP contribution in [0.5, 0.6) is 0 Å². The lowest BCUT2D eigenvalue weighted by atomic mass is 10.0. The van der Waals surface area contributed by atoms with E-state index < -0.39 is 0 Å². The van der Waals surface area contributed by atoms with Crippen LogP contribution >= 0.6 is 0 Å². The number of nitrogens with zero attached hydrogens (tertiary/aromatic N) is 2. The van der Waals surface area contributed by atoms with Gasteiger partial charge in [0.05, 0.1) is 49.2 Å². The Morgan fingerprint density at radius 2 is 0.333 bits per heavy atom. The summed E-state index contributed by atoms with van der Waals surface area (Å²) in [6, 6.07) is 45.1. The van der Waals surface area contributed by atoms with Crippen LogP contribution in [0.25, 0.3) is 90.9 Å². The van der Waals surface area contributed by atoms with Gasteiger partial charge in [-0.2, -0.15) is 0 Å². The van der Waals surface area contributed by atoms with Crippen LogP contribution < -0.4 is 0 Å². The number of aromatic nitrogens is 4. The van der Waals surface area contributed by atoms with Gasteiger partial charge >= 0.3 is 0 Å². The van der Waals surface area contributed by atoms with E-state index in [2.05, 4.69) is 183 Å². The number of H-pyrrole nitrogens is 2. The maximum Gasteiger partial charge on any atom is 0.0737 e. The first-order valence-electron chi connectivity index (χ1n) is 50.4. The summed E-state index contributed by atoms with van der Waals surface area (Å²) in [5.74, 6) is 0. The molecule has 9 rings (SSSR count). The summed E-state index contributed by atoms with van der Waals surface area (Å²) < 4.78 is 25.5. The molecule has 0 saturated heterocycles. The molecule has 7 aromatic rings. The van der Waals surface area contributed by atoms with E-state index in [1.54, 1.807) is 0 Å². The molecule has 2 aliphatic rings. The molecule has 120 heavy (non-hydrogen) atoms. The van der Waals surface area contributed by atoms with Crippen LogP contribution in [-0.2, 0) is 45.4 Å². The highest BCUT2D eigenvalue weighted by Crippen LogP contribution is 2.40. The predicted molar refractivity (Wildman–Crippen MR) is 520 cm³/mol. The minimum atomic E-state index is 0.594. The van der Waals surface area contributed by atoms with E-state index in [1.165, 1.54) is 356 Å². The number of unbranched alkanes of at least 4 members (excludes halogenated alkanes) is 52. The molecule has 8 heteroatoms. The normalized spacial score (nSPS) is 12.0. The zero-order valence-electron chi connectivity index (χ0n) is 76.6. The van der Waals surface area contributed by atoms with Crippen molar-refractivity contribution in [3.63, 3.8) is 0 Å². The van der Waals surface area contributed by atoms with Crippen LogP contribution in [0.4, 0.5) is 0 Å². The van der Waals surface area contributed by atoms with Crippen LogP contribution in [0.2, 0.25) is 0 Å². The summed E-state index contributed by atoms with van der Waals surface area (Å²) in [6.45, 7) is 14.7. The van der Waals surface area contributed by atoms with E-state index in [4.69, 9.17) is 28.9 Å². The lowest BCUT2D eigenvalue weighted by molar-refractivity contribution is 0.116.